The first kappa shape index (κ1) is 23.4. The lowest BCUT2D eigenvalue weighted by molar-refractivity contribution is -0.00181. The van der Waals surface area contributed by atoms with Crippen molar-refractivity contribution in [2.24, 2.45) is 7.05 Å². The summed E-state index contributed by atoms with van der Waals surface area (Å²) in [5.74, 6) is 1.45. The Balaban J connectivity index is 1.40. The molecule has 33 heavy (non-hydrogen) atoms. The smallest absolute Gasteiger partial charge is 0.315 e. The van der Waals surface area contributed by atoms with Crippen molar-refractivity contribution < 1.29 is 19.0 Å². The van der Waals surface area contributed by atoms with Crippen LogP contribution in [0.1, 0.15) is 62.3 Å². The molecule has 1 aliphatic carbocycles. The van der Waals surface area contributed by atoms with Gasteiger partial charge in [-0.1, -0.05) is 25.3 Å². The van der Waals surface area contributed by atoms with Crippen molar-refractivity contribution in [1.29, 1.82) is 0 Å². The normalized spacial score (nSPS) is 22.4. The molecule has 0 spiro atoms. The molecule has 1 saturated carbocycles. The average Bonchev–Trinajstić information content (AvgIpc) is 3.29. The van der Waals surface area contributed by atoms with E-state index >= 15 is 0 Å². The molecule has 4 rings (SSSR count). The van der Waals surface area contributed by atoms with Crippen LogP contribution in [0, 0.1) is 0 Å². The molecule has 2 unspecified atom stereocenters. The summed E-state index contributed by atoms with van der Waals surface area (Å²) in [6.45, 7) is 1.22. The minimum atomic E-state index is -0.115. The number of aromatic nitrogens is 2. The Bertz CT molecular complexity index is 938. The number of nitrogens with one attached hydrogen (secondary N) is 2. The van der Waals surface area contributed by atoms with Crippen LogP contribution in [0.4, 0.5) is 4.79 Å². The highest BCUT2D eigenvalue weighted by molar-refractivity contribution is 5.74. The van der Waals surface area contributed by atoms with Crippen molar-refractivity contribution in [1.82, 2.24) is 20.2 Å². The van der Waals surface area contributed by atoms with Crippen molar-refractivity contribution in [3.05, 3.63) is 42.0 Å². The lowest BCUT2D eigenvalue weighted by Crippen LogP contribution is -2.49. The second kappa shape index (κ2) is 10.5. The number of amides is 2. The minimum absolute atomic E-state index is 0.0481. The van der Waals surface area contributed by atoms with Gasteiger partial charge in [-0.3, -0.25) is 0 Å². The van der Waals surface area contributed by atoms with Gasteiger partial charge >= 0.3 is 6.03 Å². The van der Waals surface area contributed by atoms with Crippen LogP contribution in [0.15, 0.2) is 30.7 Å². The van der Waals surface area contributed by atoms with Gasteiger partial charge in [0, 0.05) is 31.7 Å². The summed E-state index contributed by atoms with van der Waals surface area (Å²) in [5, 5.41) is 6.36. The van der Waals surface area contributed by atoms with Crippen LogP contribution in [-0.4, -0.2) is 49.0 Å². The Morgan fingerprint density at radius 1 is 1.21 bits per heavy atom. The van der Waals surface area contributed by atoms with Crippen LogP contribution in [0.5, 0.6) is 11.5 Å². The monoisotopic (exact) mass is 456 g/mol. The van der Waals surface area contributed by atoms with Gasteiger partial charge in [0.05, 0.1) is 32.4 Å². The van der Waals surface area contributed by atoms with E-state index < -0.39 is 0 Å². The molecule has 0 bridgehead atoms. The van der Waals surface area contributed by atoms with Crippen molar-refractivity contribution >= 4 is 6.03 Å². The SMILES string of the molecule is COc1ccc(C2(CNC(=O)NC3CCOC(c4cncn4C)C3)CCCCC2)cc1OC. The number of imidazole rings is 1. The van der Waals surface area contributed by atoms with Gasteiger partial charge in [0.25, 0.3) is 0 Å². The number of hydrogen-bond donors (Lipinski definition) is 2. The Hall–Kier alpha value is -2.74. The summed E-state index contributed by atoms with van der Waals surface area (Å²) >= 11 is 0. The Labute approximate surface area is 196 Å². The number of rotatable bonds is 7. The van der Waals surface area contributed by atoms with Gasteiger partial charge in [-0.25, -0.2) is 9.78 Å². The maximum Gasteiger partial charge on any atom is 0.315 e. The van der Waals surface area contributed by atoms with Crippen LogP contribution in [0.25, 0.3) is 0 Å². The molecule has 2 aromatic rings. The first-order valence-electron chi connectivity index (χ1n) is 11.9. The fourth-order valence-corrected chi connectivity index (χ4v) is 5.26. The highest BCUT2D eigenvalue weighted by Crippen LogP contribution is 2.42. The van der Waals surface area contributed by atoms with Crippen molar-refractivity contribution in [2.75, 3.05) is 27.4 Å². The van der Waals surface area contributed by atoms with Gasteiger partial charge in [-0.2, -0.15) is 0 Å². The number of carbonyl (C=O) groups is 1. The summed E-state index contributed by atoms with van der Waals surface area (Å²) in [6.07, 6.45) is 10.8. The van der Waals surface area contributed by atoms with Crippen LogP contribution in [0.3, 0.4) is 0 Å². The number of nitrogens with zero attached hydrogens (tertiary/aromatic N) is 2. The van der Waals surface area contributed by atoms with E-state index in [1.165, 1.54) is 12.0 Å². The number of aryl methyl sites for hydroxylation is 1. The number of carbonyl (C=O) groups excluding carboxylic acids is 1. The molecule has 2 heterocycles. The molecule has 2 atom stereocenters. The maximum absolute atomic E-state index is 12.9. The van der Waals surface area contributed by atoms with Gasteiger partial charge < -0.3 is 29.4 Å². The third kappa shape index (κ3) is 5.27. The van der Waals surface area contributed by atoms with Gasteiger partial charge in [0.1, 0.15) is 6.10 Å². The van der Waals surface area contributed by atoms with Crippen LogP contribution in [-0.2, 0) is 17.2 Å². The predicted molar refractivity (Wildman–Crippen MR) is 126 cm³/mol. The quantitative estimate of drug-likeness (QED) is 0.661. The summed E-state index contributed by atoms with van der Waals surface area (Å²) in [7, 11) is 5.27. The first-order valence-corrected chi connectivity index (χ1v) is 11.9. The van der Waals surface area contributed by atoms with E-state index in [0.717, 1.165) is 55.7 Å². The summed E-state index contributed by atoms with van der Waals surface area (Å²) in [5.41, 5.74) is 2.14. The van der Waals surface area contributed by atoms with E-state index in [-0.39, 0.29) is 23.6 Å². The van der Waals surface area contributed by atoms with Gasteiger partial charge in [-0.05, 0) is 43.4 Å². The Morgan fingerprint density at radius 2 is 2.00 bits per heavy atom. The zero-order valence-corrected chi connectivity index (χ0v) is 19.9. The Morgan fingerprint density at radius 3 is 2.70 bits per heavy atom. The van der Waals surface area contributed by atoms with Crippen molar-refractivity contribution in [2.45, 2.75) is 62.5 Å². The molecule has 1 saturated heterocycles. The molecule has 180 valence electrons. The molecule has 1 aromatic carbocycles. The van der Waals surface area contributed by atoms with Crippen LogP contribution < -0.4 is 20.1 Å². The molecule has 8 nitrogen and oxygen atoms in total. The molecule has 2 aliphatic rings. The predicted octanol–water partition coefficient (Wildman–Crippen LogP) is 3.86. The van der Waals surface area contributed by atoms with E-state index in [1.807, 2.05) is 23.9 Å². The number of hydrogen-bond acceptors (Lipinski definition) is 5. The zero-order chi connectivity index (χ0) is 23.3. The largest absolute Gasteiger partial charge is 0.493 e. The second-order valence-electron chi connectivity index (χ2n) is 9.25. The fraction of sp³-hybridized carbons (Fsp3) is 0.600. The molecule has 8 heteroatoms. The molecule has 2 N–H and O–H groups in total. The topological polar surface area (TPSA) is 86.6 Å². The summed E-state index contributed by atoms with van der Waals surface area (Å²) in [6, 6.07) is 6.10. The number of ether oxygens (including phenoxy) is 3. The van der Waals surface area contributed by atoms with E-state index in [2.05, 4.69) is 27.8 Å². The van der Waals surface area contributed by atoms with Gasteiger partial charge in [-0.15, -0.1) is 0 Å². The van der Waals surface area contributed by atoms with Gasteiger partial charge in [0.15, 0.2) is 11.5 Å². The minimum Gasteiger partial charge on any atom is -0.493 e. The molecular formula is C25H36N4O4. The summed E-state index contributed by atoms with van der Waals surface area (Å²) in [4.78, 5) is 17.1. The lowest BCUT2D eigenvalue weighted by atomic mass is 9.69. The highest BCUT2D eigenvalue weighted by atomic mass is 16.5. The molecule has 0 radical (unpaired) electrons. The Kier molecular flexibility index (Phi) is 7.42. The van der Waals surface area contributed by atoms with E-state index in [4.69, 9.17) is 14.2 Å². The fourth-order valence-electron chi connectivity index (χ4n) is 5.26. The average molecular weight is 457 g/mol. The first-order chi connectivity index (χ1) is 16.0. The maximum atomic E-state index is 12.9. The molecule has 1 aliphatic heterocycles. The van der Waals surface area contributed by atoms with Crippen LogP contribution >= 0.6 is 0 Å². The lowest BCUT2D eigenvalue weighted by Gasteiger charge is -2.38. The number of urea groups is 1. The summed E-state index contributed by atoms with van der Waals surface area (Å²) < 4.78 is 18.9. The molecule has 2 amide bonds. The third-order valence-electron chi connectivity index (χ3n) is 7.20. The van der Waals surface area contributed by atoms with E-state index in [9.17, 15) is 4.79 Å². The third-order valence-corrected chi connectivity index (χ3v) is 7.20. The van der Waals surface area contributed by atoms with E-state index in [0.29, 0.717) is 13.2 Å². The molecule has 2 fully saturated rings. The van der Waals surface area contributed by atoms with Crippen molar-refractivity contribution in [3.63, 3.8) is 0 Å². The van der Waals surface area contributed by atoms with Gasteiger partial charge in [0.2, 0.25) is 0 Å². The van der Waals surface area contributed by atoms with Crippen LogP contribution in [0.2, 0.25) is 0 Å². The second-order valence-corrected chi connectivity index (χ2v) is 9.25. The van der Waals surface area contributed by atoms with Crippen molar-refractivity contribution in [3.8, 4) is 11.5 Å². The highest BCUT2D eigenvalue weighted by Gasteiger charge is 2.35. The van der Waals surface area contributed by atoms with E-state index in [1.54, 1.807) is 20.5 Å². The standard InChI is InChI=1S/C25H36N4O4/c1-29-17-26-15-20(29)22-14-19(9-12-33-22)28-24(30)27-16-25(10-5-4-6-11-25)18-7-8-21(31-2)23(13-18)32-3/h7-8,13,15,17,19,22H,4-6,9-12,14,16H2,1-3H3,(H2,27,28,30). The number of benzene rings is 1. The number of methoxy groups -OCH3 is 2. The molecular weight excluding hydrogens is 420 g/mol. The zero-order valence-electron chi connectivity index (χ0n) is 19.9. The molecule has 1 aromatic heterocycles.